The first-order chi connectivity index (χ1) is 28.2. The highest BCUT2D eigenvalue weighted by molar-refractivity contribution is 5.99. The molecule has 7 N–H and O–H groups in total. The minimum Gasteiger partial charge on any atom is -0.508 e. The number of phenols is 1. The predicted octanol–water partition coefficient (Wildman–Crippen LogP) is 1.41. The number of benzene rings is 2. The molecule has 316 valence electrons. The first kappa shape index (κ1) is 42.7. The number of phenolic OH excluding ortho intramolecular Hbond substituents is 1. The fourth-order valence-electron chi connectivity index (χ4n) is 8.32. The second kappa shape index (κ2) is 18.8. The highest BCUT2D eigenvalue weighted by Gasteiger charge is 2.42. The fraction of sp³-hybridized carbons (Fsp3) is 0.512. The second-order valence-corrected chi connectivity index (χ2v) is 16.6. The number of hydrogen-bond acceptors (Lipinski definition) is 8. The number of carbonyl (C=O) groups excluding carboxylic acids is 7. The molecule has 7 amide bonds. The second-order valence-electron chi connectivity index (χ2n) is 16.6. The molecule has 3 aliphatic heterocycles. The van der Waals surface area contributed by atoms with Crippen molar-refractivity contribution in [1.29, 1.82) is 0 Å². The van der Waals surface area contributed by atoms with Crippen LogP contribution >= 0.6 is 0 Å². The molecular weight excluding hydrogens is 757 g/mol. The maximum Gasteiger partial charge on any atom is 0.246 e. The molecule has 4 heterocycles. The van der Waals surface area contributed by atoms with Gasteiger partial charge in [0, 0.05) is 43.0 Å². The Morgan fingerprint density at radius 1 is 0.678 bits per heavy atom. The van der Waals surface area contributed by atoms with Crippen molar-refractivity contribution in [3.8, 4) is 5.75 Å². The Balaban J connectivity index is 1.35. The molecule has 6 rings (SSSR count). The Kier molecular flexibility index (Phi) is 13.6. The van der Waals surface area contributed by atoms with Crippen molar-refractivity contribution in [2.45, 2.75) is 109 Å². The van der Waals surface area contributed by atoms with Crippen LogP contribution in [0.5, 0.6) is 5.75 Å². The van der Waals surface area contributed by atoms with Crippen molar-refractivity contribution in [2.75, 3.05) is 19.6 Å². The average molecular weight is 813 g/mol. The molecule has 3 aromatic rings. The van der Waals surface area contributed by atoms with E-state index in [9.17, 15) is 38.7 Å². The largest absolute Gasteiger partial charge is 0.508 e. The van der Waals surface area contributed by atoms with Gasteiger partial charge in [-0.1, -0.05) is 58.0 Å². The number of rotatable bonds is 7. The van der Waals surface area contributed by atoms with Gasteiger partial charge in [0.2, 0.25) is 41.4 Å². The molecular formula is C43H56N8O8. The zero-order valence-electron chi connectivity index (χ0n) is 34.1. The van der Waals surface area contributed by atoms with Crippen molar-refractivity contribution < 1.29 is 38.7 Å². The predicted molar refractivity (Wildman–Crippen MR) is 218 cm³/mol. The molecule has 6 unspecified atom stereocenters. The minimum absolute atomic E-state index is 0.000537. The molecule has 2 aromatic carbocycles. The standard InChI is InChI=1S/C43H56N8O8/c1-24(2)19-31-38(54)48-33(21-27-22-44-30-10-6-5-9-29(27)30)42(58)50-17-7-11-34(50)40(56)45-23-36(53)46-32(20-26-13-15-28(52)16-14-26)39(55)49-37(25(3)4)43(59)51-18-8-12-35(51)41(57)47-31/h5-6,9-10,13-16,22,24-25,31-35,37,44,52H,7-8,11-12,17-21,23H2,1-4H3,(H,45,56)(H,46,53)(H,47,57)(H,48,54)(H,49,55). The van der Waals surface area contributed by atoms with E-state index in [1.165, 1.54) is 21.9 Å². The van der Waals surface area contributed by atoms with E-state index in [0.29, 0.717) is 31.2 Å². The number of hydrogen-bond donors (Lipinski definition) is 7. The van der Waals surface area contributed by atoms with Gasteiger partial charge in [0.15, 0.2) is 0 Å². The first-order valence-corrected chi connectivity index (χ1v) is 20.6. The zero-order chi connectivity index (χ0) is 42.4. The van der Waals surface area contributed by atoms with Gasteiger partial charge in [-0.05, 0) is 73.3 Å². The summed E-state index contributed by atoms with van der Waals surface area (Å²) in [7, 11) is 0. The quantitative estimate of drug-likeness (QED) is 0.185. The van der Waals surface area contributed by atoms with Gasteiger partial charge >= 0.3 is 0 Å². The van der Waals surface area contributed by atoms with E-state index in [1.54, 1.807) is 32.2 Å². The number of aromatic amines is 1. The lowest BCUT2D eigenvalue weighted by Crippen LogP contribution is -2.60. The summed E-state index contributed by atoms with van der Waals surface area (Å²) in [6, 6.07) is 7.44. The van der Waals surface area contributed by atoms with Crippen molar-refractivity contribution in [2.24, 2.45) is 11.8 Å². The van der Waals surface area contributed by atoms with Gasteiger partial charge in [0.25, 0.3) is 0 Å². The van der Waals surface area contributed by atoms with E-state index in [4.69, 9.17) is 0 Å². The lowest BCUT2D eigenvalue weighted by atomic mass is 9.99. The van der Waals surface area contributed by atoms with Gasteiger partial charge in [0.05, 0.1) is 6.54 Å². The van der Waals surface area contributed by atoms with E-state index in [-0.39, 0.29) is 44.0 Å². The van der Waals surface area contributed by atoms with Gasteiger partial charge in [-0.15, -0.1) is 0 Å². The number of H-pyrrole nitrogens is 1. The van der Waals surface area contributed by atoms with E-state index in [2.05, 4.69) is 31.6 Å². The molecule has 0 aliphatic carbocycles. The number of nitrogens with zero attached hydrogens (tertiary/aromatic N) is 2. The summed E-state index contributed by atoms with van der Waals surface area (Å²) in [6.45, 7) is 7.35. The van der Waals surface area contributed by atoms with Crippen molar-refractivity contribution in [3.05, 3.63) is 65.9 Å². The molecule has 3 aliphatic rings. The van der Waals surface area contributed by atoms with E-state index in [1.807, 2.05) is 38.1 Å². The van der Waals surface area contributed by atoms with E-state index >= 15 is 0 Å². The van der Waals surface area contributed by atoms with Gasteiger partial charge < -0.3 is 46.5 Å². The maximum absolute atomic E-state index is 14.5. The van der Waals surface area contributed by atoms with Crippen LogP contribution in [0.1, 0.15) is 70.9 Å². The molecule has 1 aromatic heterocycles. The minimum atomic E-state index is -1.19. The first-order valence-electron chi connectivity index (χ1n) is 20.6. The third kappa shape index (κ3) is 10.2. The number of aromatic nitrogens is 1. The highest BCUT2D eigenvalue weighted by atomic mass is 16.3. The summed E-state index contributed by atoms with van der Waals surface area (Å²) < 4.78 is 0. The fourth-order valence-corrected chi connectivity index (χ4v) is 8.32. The van der Waals surface area contributed by atoms with Gasteiger partial charge in [0.1, 0.15) is 42.0 Å². The van der Waals surface area contributed by atoms with Gasteiger partial charge in [-0.2, -0.15) is 0 Å². The molecule has 0 saturated carbocycles. The summed E-state index contributed by atoms with van der Waals surface area (Å²) in [6.07, 6.45) is 3.82. The lowest BCUT2D eigenvalue weighted by Gasteiger charge is -2.32. The SMILES string of the molecule is CC(C)CC1NC(=O)C2CCCN2C(=O)C(C(C)C)NC(=O)C(Cc2ccc(O)cc2)NC(=O)CNC(=O)C2CCCN2C(=O)C(Cc2c[nH]c3ccccc23)NC1=O. The average Bonchev–Trinajstić information content (AvgIpc) is 3.99. The van der Waals surface area contributed by atoms with Crippen molar-refractivity contribution >= 4 is 52.3 Å². The maximum atomic E-state index is 14.5. The molecule has 0 bridgehead atoms. The van der Waals surface area contributed by atoms with Crippen LogP contribution in [-0.4, -0.2) is 117 Å². The Morgan fingerprint density at radius 3 is 1.98 bits per heavy atom. The van der Waals surface area contributed by atoms with Crippen LogP contribution in [0.15, 0.2) is 54.7 Å². The molecule has 16 heteroatoms. The molecule has 0 spiro atoms. The van der Waals surface area contributed by atoms with Crippen molar-refractivity contribution in [1.82, 2.24) is 41.4 Å². The number of aromatic hydroxyl groups is 1. The number of carbonyl (C=O) groups is 7. The molecule has 3 saturated heterocycles. The normalized spacial score (nSPS) is 25.6. The van der Waals surface area contributed by atoms with Crippen LogP contribution in [0, 0.1) is 11.8 Å². The smallest absolute Gasteiger partial charge is 0.246 e. The molecule has 3 fully saturated rings. The Bertz CT molecular complexity index is 2050. The topological polar surface area (TPSA) is 222 Å². The van der Waals surface area contributed by atoms with Crippen LogP contribution < -0.4 is 26.6 Å². The Hall–Kier alpha value is -5.93. The number of para-hydroxylation sites is 1. The van der Waals surface area contributed by atoms with Gasteiger partial charge in [-0.25, -0.2) is 0 Å². The van der Waals surface area contributed by atoms with Crippen LogP contribution in [0.2, 0.25) is 0 Å². The monoisotopic (exact) mass is 812 g/mol. The van der Waals surface area contributed by atoms with Crippen LogP contribution in [-0.2, 0) is 46.4 Å². The highest BCUT2D eigenvalue weighted by Crippen LogP contribution is 2.25. The molecule has 6 atom stereocenters. The summed E-state index contributed by atoms with van der Waals surface area (Å²) in [4.78, 5) is 104. The summed E-state index contributed by atoms with van der Waals surface area (Å²) in [5.41, 5.74) is 2.24. The lowest BCUT2D eigenvalue weighted by molar-refractivity contribution is -0.143. The number of amides is 7. The third-order valence-electron chi connectivity index (χ3n) is 11.4. The summed E-state index contributed by atoms with van der Waals surface area (Å²) >= 11 is 0. The molecule has 0 radical (unpaired) electrons. The number of nitrogens with one attached hydrogen (secondary N) is 6. The summed E-state index contributed by atoms with van der Waals surface area (Å²) in [5.74, 6) is -4.39. The molecule has 59 heavy (non-hydrogen) atoms. The number of fused-ring (bicyclic) bond motifs is 3. The zero-order valence-corrected chi connectivity index (χ0v) is 34.1. The van der Waals surface area contributed by atoms with Crippen molar-refractivity contribution in [3.63, 3.8) is 0 Å². The van der Waals surface area contributed by atoms with Crippen LogP contribution in [0.25, 0.3) is 10.9 Å². The Morgan fingerprint density at radius 2 is 1.31 bits per heavy atom. The third-order valence-corrected chi connectivity index (χ3v) is 11.4. The van der Waals surface area contributed by atoms with Crippen LogP contribution in [0.3, 0.4) is 0 Å². The summed E-state index contributed by atoms with van der Waals surface area (Å²) in [5, 5.41) is 24.7. The van der Waals surface area contributed by atoms with Crippen LogP contribution in [0.4, 0.5) is 0 Å². The Labute approximate surface area is 343 Å². The molecule has 16 nitrogen and oxygen atoms in total. The van der Waals surface area contributed by atoms with E-state index < -0.39 is 90.1 Å². The van der Waals surface area contributed by atoms with Gasteiger partial charge in [-0.3, -0.25) is 33.6 Å². The van der Waals surface area contributed by atoms with E-state index in [0.717, 1.165) is 16.5 Å².